The van der Waals surface area contributed by atoms with E-state index in [9.17, 15) is 18.0 Å². The predicted molar refractivity (Wildman–Crippen MR) is 74.1 cm³/mol. The van der Waals surface area contributed by atoms with Gasteiger partial charge in [0.05, 0.1) is 0 Å². The van der Waals surface area contributed by atoms with E-state index < -0.39 is 12.1 Å². The fraction of sp³-hybridized carbons (Fsp3) is 0.500. The molecular formula is C14H18F3N3O. The highest BCUT2D eigenvalue weighted by molar-refractivity contribution is 5.94. The molecule has 0 radical (unpaired) electrons. The maximum atomic E-state index is 12.1. The van der Waals surface area contributed by atoms with Gasteiger partial charge in [0.2, 0.25) is 0 Å². The summed E-state index contributed by atoms with van der Waals surface area (Å²) in [5, 5.41) is 5.11. The van der Waals surface area contributed by atoms with Gasteiger partial charge in [-0.05, 0) is 24.1 Å². The molecule has 0 atom stereocenters. The van der Waals surface area contributed by atoms with Crippen molar-refractivity contribution in [3.63, 3.8) is 0 Å². The minimum absolute atomic E-state index is 0.156. The molecule has 0 aliphatic carbocycles. The third kappa shape index (κ3) is 5.02. The Kier molecular flexibility index (Phi) is 5.19. The lowest BCUT2D eigenvalue weighted by Gasteiger charge is -2.27. The predicted octanol–water partition coefficient (Wildman–Crippen LogP) is 1.64. The van der Waals surface area contributed by atoms with Gasteiger partial charge in [0, 0.05) is 38.4 Å². The second-order valence-corrected chi connectivity index (χ2v) is 4.99. The summed E-state index contributed by atoms with van der Waals surface area (Å²) in [4.78, 5) is 13.1. The molecule has 0 aromatic heterocycles. The molecule has 0 saturated carbocycles. The molecule has 4 nitrogen and oxygen atoms in total. The third-order valence-corrected chi connectivity index (χ3v) is 3.40. The molecule has 1 aliphatic heterocycles. The Morgan fingerprint density at radius 3 is 2.38 bits per heavy atom. The number of piperazine rings is 1. The lowest BCUT2D eigenvalue weighted by Crippen LogP contribution is -2.44. The van der Waals surface area contributed by atoms with Crippen LogP contribution < -0.4 is 10.6 Å². The van der Waals surface area contributed by atoms with Crippen molar-refractivity contribution in [1.29, 1.82) is 0 Å². The number of rotatable bonds is 4. The number of carbonyl (C=O) groups is 1. The van der Waals surface area contributed by atoms with E-state index in [1.54, 1.807) is 12.1 Å². The maximum Gasteiger partial charge on any atom is 0.471 e. The van der Waals surface area contributed by atoms with Crippen molar-refractivity contribution in [3.05, 3.63) is 29.8 Å². The van der Waals surface area contributed by atoms with Gasteiger partial charge in [0.25, 0.3) is 0 Å². The molecule has 1 fully saturated rings. The Morgan fingerprint density at radius 1 is 1.19 bits per heavy atom. The van der Waals surface area contributed by atoms with Crippen LogP contribution in [0.2, 0.25) is 0 Å². The number of nitrogens with one attached hydrogen (secondary N) is 2. The van der Waals surface area contributed by atoms with Crippen LogP contribution in [0.25, 0.3) is 0 Å². The van der Waals surface area contributed by atoms with Crippen molar-refractivity contribution < 1.29 is 18.0 Å². The number of anilines is 1. The van der Waals surface area contributed by atoms with Crippen LogP contribution in [-0.4, -0.2) is 49.7 Å². The summed E-state index contributed by atoms with van der Waals surface area (Å²) >= 11 is 0. The van der Waals surface area contributed by atoms with Crippen LogP contribution in [0.4, 0.5) is 18.9 Å². The summed E-state index contributed by atoms with van der Waals surface area (Å²) in [6, 6.07) is 6.48. The number of alkyl halides is 3. The van der Waals surface area contributed by atoms with E-state index in [-0.39, 0.29) is 5.69 Å². The minimum atomic E-state index is -4.86. The van der Waals surface area contributed by atoms with Crippen molar-refractivity contribution in [3.8, 4) is 0 Å². The summed E-state index contributed by atoms with van der Waals surface area (Å²) in [6.45, 7) is 4.93. The smallest absolute Gasteiger partial charge is 0.318 e. The molecular weight excluding hydrogens is 283 g/mol. The molecule has 1 amide bonds. The van der Waals surface area contributed by atoms with E-state index in [1.165, 1.54) is 12.1 Å². The zero-order chi connectivity index (χ0) is 15.3. The van der Waals surface area contributed by atoms with Gasteiger partial charge in [0.15, 0.2) is 0 Å². The fourth-order valence-electron chi connectivity index (χ4n) is 2.18. The Labute approximate surface area is 121 Å². The van der Waals surface area contributed by atoms with Crippen molar-refractivity contribution >= 4 is 11.6 Å². The lowest BCUT2D eigenvalue weighted by molar-refractivity contribution is -0.167. The zero-order valence-electron chi connectivity index (χ0n) is 11.5. The van der Waals surface area contributed by atoms with Crippen LogP contribution in [0.3, 0.4) is 0 Å². The van der Waals surface area contributed by atoms with Crippen molar-refractivity contribution in [2.75, 3.05) is 38.0 Å². The second-order valence-electron chi connectivity index (χ2n) is 4.99. The molecule has 7 heteroatoms. The first-order valence-corrected chi connectivity index (χ1v) is 6.85. The Bertz CT molecular complexity index is 467. The molecule has 1 aromatic carbocycles. The monoisotopic (exact) mass is 301 g/mol. The average molecular weight is 301 g/mol. The highest BCUT2D eigenvalue weighted by Crippen LogP contribution is 2.18. The molecule has 116 valence electrons. The normalized spacial score (nSPS) is 16.7. The summed E-state index contributed by atoms with van der Waals surface area (Å²) in [5.41, 5.74) is 1.20. The number of carbonyl (C=O) groups excluding carboxylic acids is 1. The number of hydrogen-bond donors (Lipinski definition) is 2. The van der Waals surface area contributed by atoms with Gasteiger partial charge < -0.3 is 15.5 Å². The van der Waals surface area contributed by atoms with Gasteiger partial charge in [-0.25, -0.2) is 0 Å². The lowest BCUT2D eigenvalue weighted by atomic mass is 10.1. The molecule has 1 heterocycles. The van der Waals surface area contributed by atoms with Crippen LogP contribution in [-0.2, 0) is 11.2 Å². The summed E-state index contributed by atoms with van der Waals surface area (Å²) in [7, 11) is 0. The van der Waals surface area contributed by atoms with Gasteiger partial charge >= 0.3 is 12.1 Å². The van der Waals surface area contributed by atoms with E-state index in [0.717, 1.165) is 44.7 Å². The molecule has 1 saturated heterocycles. The highest BCUT2D eigenvalue weighted by atomic mass is 19.4. The second kappa shape index (κ2) is 6.91. The SMILES string of the molecule is O=C(Nc1ccc(CCN2CCNCC2)cc1)C(F)(F)F. The van der Waals surface area contributed by atoms with Crippen molar-refractivity contribution in [2.45, 2.75) is 12.6 Å². The average Bonchev–Trinajstić information content (AvgIpc) is 2.46. The quantitative estimate of drug-likeness (QED) is 0.888. The first kappa shape index (κ1) is 15.8. The van der Waals surface area contributed by atoms with E-state index in [1.807, 2.05) is 5.32 Å². The van der Waals surface area contributed by atoms with E-state index in [4.69, 9.17) is 0 Å². The first-order chi connectivity index (χ1) is 9.95. The van der Waals surface area contributed by atoms with Gasteiger partial charge in [-0.2, -0.15) is 13.2 Å². The molecule has 1 aliphatic rings. The molecule has 0 bridgehead atoms. The minimum Gasteiger partial charge on any atom is -0.318 e. The molecule has 2 N–H and O–H groups in total. The molecule has 0 spiro atoms. The molecule has 1 aromatic rings. The van der Waals surface area contributed by atoms with Crippen LogP contribution in [0, 0.1) is 0 Å². The number of benzene rings is 1. The van der Waals surface area contributed by atoms with Gasteiger partial charge in [0.1, 0.15) is 0 Å². The van der Waals surface area contributed by atoms with Gasteiger partial charge in [-0.1, -0.05) is 12.1 Å². The van der Waals surface area contributed by atoms with Gasteiger partial charge in [-0.15, -0.1) is 0 Å². The Morgan fingerprint density at radius 2 is 1.81 bits per heavy atom. The van der Waals surface area contributed by atoms with Crippen molar-refractivity contribution in [2.24, 2.45) is 0 Å². The standard InChI is InChI=1S/C14H18F3N3O/c15-14(16,17)13(21)19-12-3-1-11(2-4-12)5-8-20-9-6-18-7-10-20/h1-4,18H,5-10H2,(H,19,21). The Balaban J connectivity index is 1.82. The van der Waals surface area contributed by atoms with Crippen LogP contribution >= 0.6 is 0 Å². The fourth-order valence-corrected chi connectivity index (χ4v) is 2.18. The number of halogens is 3. The van der Waals surface area contributed by atoms with E-state index in [0.29, 0.717) is 0 Å². The van der Waals surface area contributed by atoms with E-state index >= 15 is 0 Å². The maximum absolute atomic E-state index is 12.1. The van der Waals surface area contributed by atoms with Crippen molar-refractivity contribution in [1.82, 2.24) is 10.2 Å². The summed E-state index contributed by atoms with van der Waals surface area (Å²) in [5.74, 6) is -1.95. The number of nitrogens with zero attached hydrogens (tertiary/aromatic N) is 1. The Hall–Kier alpha value is -1.60. The molecule has 0 unspecified atom stereocenters. The van der Waals surface area contributed by atoms with Gasteiger partial charge in [-0.3, -0.25) is 4.79 Å². The zero-order valence-corrected chi connectivity index (χ0v) is 11.5. The summed E-state index contributed by atoms with van der Waals surface area (Å²) in [6.07, 6.45) is -4.02. The first-order valence-electron chi connectivity index (χ1n) is 6.85. The highest BCUT2D eigenvalue weighted by Gasteiger charge is 2.38. The molecule has 21 heavy (non-hydrogen) atoms. The summed E-state index contributed by atoms with van der Waals surface area (Å²) < 4.78 is 36.4. The van der Waals surface area contributed by atoms with Crippen LogP contribution in [0.5, 0.6) is 0 Å². The number of hydrogen-bond acceptors (Lipinski definition) is 3. The molecule has 2 rings (SSSR count). The topological polar surface area (TPSA) is 44.4 Å². The number of amides is 1. The largest absolute Gasteiger partial charge is 0.471 e. The van der Waals surface area contributed by atoms with E-state index in [2.05, 4.69) is 10.2 Å². The van der Waals surface area contributed by atoms with Crippen LogP contribution in [0.15, 0.2) is 24.3 Å². The third-order valence-electron chi connectivity index (χ3n) is 3.40. The van der Waals surface area contributed by atoms with Crippen LogP contribution in [0.1, 0.15) is 5.56 Å².